The molecule has 0 heterocycles. The van der Waals surface area contributed by atoms with E-state index >= 15 is 0 Å². The summed E-state index contributed by atoms with van der Waals surface area (Å²) in [6.07, 6.45) is 0. The molecule has 0 atom stereocenters. The van der Waals surface area contributed by atoms with Gasteiger partial charge in [0.15, 0.2) is 11.5 Å². The van der Waals surface area contributed by atoms with Gasteiger partial charge >= 0.3 is 0 Å². The number of rotatable bonds is 7. The SMILES string of the molecule is COc1cccc(OC)c1OCCOc1cc(C)c(Cl)c(C)c1. The lowest BCUT2D eigenvalue weighted by Crippen LogP contribution is -2.10. The van der Waals surface area contributed by atoms with E-state index in [2.05, 4.69) is 0 Å². The van der Waals surface area contributed by atoms with Gasteiger partial charge in [-0.25, -0.2) is 0 Å². The summed E-state index contributed by atoms with van der Waals surface area (Å²) in [5, 5.41) is 0.771. The average molecular weight is 337 g/mol. The molecule has 0 aliphatic carbocycles. The van der Waals surface area contributed by atoms with Crippen molar-refractivity contribution in [2.75, 3.05) is 27.4 Å². The maximum atomic E-state index is 6.15. The van der Waals surface area contributed by atoms with Crippen LogP contribution in [-0.4, -0.2) is 27.4 Å². The highest BCUT2D eigenvalue weighted by Gasteiger charge is 2.11. The lowest BCUT2D eigenvalue weighted by molar-refractivity contribution is 0.205. The number of halogens is 1. The van der Waals surface area contributed by atoms with Crippen LogP contribution in [0.3, 0.4) is 0 Å². The van der Waals surface area contributed by atoms with Gasteiger partial charge in [-0.05, 0) is 49.2 Å². The van der Waals surface area contributed by atoms with Crippen LogP contribution in [0.1, 0.15) is 11.1 Å². The maximum absolute atomic E-state index is 6.15. The van der Waals surface area contributed by atoms with Crippen LogP contribution >= 0.6 is 11.6 Å². The molecule has 0 aliphatic rings. The Morgan fingerprint density at radius 3 is 1.91 bits per heavy atom. The minimum absolute atomic E-state index is 0.372. The fourth-order valence-corrected chi connectivity index (χ4v) is 2.36. The Kier molecular flexibility index (Phi) is 5.99. The minimum Gasteiger partial charge on any atom is -0.493 e. The maximum Gasteiger partial charge on any atom is 0.203 e. The van der Waals surface area contributed by atoms with E-state index in [9.17, 15) is 0 Å². The Morgan fingerprint density at radius 2 is 1.39 bits per heavy atom. The van der Waals surface area contributed by atoms with E-state index in [0.717, 1.165) is 21.9 Å². The van der Waals surface area contributed by atoms with Crippen molar-refractivity contribution in [2.45, 2.75) is 13.8 Å². The van der Waals surface area contributed by atoms with Crippen molar-refractivity contribution in [1.29, 1.82) is 0 Å². The molecular weight excluding hydrogens is 316 g/mol. The van der Waals surface area contributed by atoms with Crippen LogP contribution in [0.4, 0.5) is 0 Å². The van der Waals surface area contributed by atoms with Gasteiger partial charge < -0.3 is 18.9 Å². The topological polar surface area (TPSA) is 36.9 Å². The molecular formula is C18H21ClO4. The largest absolute Gasteiger partial charge is 0.493 e. The number of aryl methyl sites for hydroxylation is 2. The van der Waals surface area contributed by atoms with Crippen molar-refractivity contribution in [3.8, 4) is 23.0 Å². The number of benzene rings is 2. The first kappa shape index (κ1) is 17.3. The van der Waals surface area contributed by atoms with Crippen LogP contribution in [0.25, 0.3) is 0 Å². The zero-order valence-corrected chi connectivity index (χ0v) is 14.6. The van der Waals surface area contributed by atoms with E-state index in [1.165, 1.54) is 0 Å². The van der Waals surface area contributed by atoms with Gasteiger partial charge in [-0.15, -0.1) is 0 Å². The molecule has 0 N–H and O–H groups in total. The molecule has 0 aliphatic heterocycles. The van der Waals surface area contributed by atoms with Crippen LogP contribution in [0.5, 0.6) is 23.0 Å². The number of ether oxygens (including phenoxy) is 4. The fraction of sp³-hybridized carbons (Fsp3) is 0.333. The van der Waals surface area contributed by atoms with Gasteiger partial charge in [0.05, 0.1) is 14.2 Å². The molecule has 0 unspecified atom stereocenters. The van der Waals surface area contributed by atoms with Crippen LogP contribution in [0.15, 0.2) is 30.3 Å². The summed E-state index contributed by atoms with van der Waals surface area (Å²) in [5.74, 6) is 2.61. The summed E-state index contributed by atoms with van der Waals surface area (Å²) in [5.41, 5.74) is 1.99. The number of para-hydroxylation sites is 1. The van der Waals surface area contributed by atoms with E-state index in [1.807, 2.05) is 44.2 Å². The molecule has 0 radical (unpaired) electrons. The standard InChI is InChI=1S/C18H21ClO4/c1-12-10-14(11-13(2)17(12)19)22-8-9-23-18-15(20-3)6-5-7-16(18)21-4/h5-7,10-11H,8-9H2,1-4H3. The van der Waals surface area contributed by atoms with Crippen LogP contribution in [0.2, 0.25) is 5.02 Å². The molecule has 0 saturated heterocycles. The Hall–Kier alpha value is -2.07. The van der Waals surface area contributed by atoms with Crippen LogP contribution in [0, 0.1) is 13.8 Å². The smallest absolute Gasteiger partial charge is 0.203 e. The average Bonchev–Trinajstić information content (AvgIpc) is 2.56. The van der Waals surface area contributed by atoms with Gasteiger partial charge in [0.2, 0.25) is 5.75 Å². The highest BCUT2D eigenvalue weighted by Crippen LogP contribution is 2.36. The Labute approximate surface area is 141 Å². The van der Waals surface area contributed by atoms with Crippen molar-refractivity contribution in [2.24, 2.45) is 0 Å². The molecule has 0 bridgehead atoms. The molecule has 2 rings (SSSR count). The Morgan fingerprint density at radius 1 is 0.870 bits per heavy atom. The molecule has 0 saturated carbocycles. The molecule has 0 fully saturated rings. The van der Waals surface area contributed by atoms with E-state index in [1.54, 1.807) is 14.2 Å². The second-order valence-electron chi connectivity index (χ2n) is 5.06. The first-order valence-corrected chi connectivity index (χ1v) is 7.68. The number of hydrogen-bond donors (Lipinski definition) is 0. The van der Waals surface area contributed by atoms with E-state index in [-0.39, 0.29) is 0 Å². The third-order valence-corrected chi connectivity index (χ3v) is 3.99. The third-order valence-electron chi connectivity index (χ3n) is 3.39. The van der Waals surface area contributed by atoms with Crippen molar-refractivity contribution >= 4 is 11.6 Å². The molecule has 0 aromatic heterocycles. The van der Waals surface area contributed by atoms with E-state index in [0.29, 0.717) is 30.5 Å². The first-order valence-electron chi connectivity index (χ1n) is 7.30. The summed E-state index contributed by atoms with van der Waals surface area (Å²) in [4.78, 5) is 0. The van der Waals surface area contributed by atoms with E-state index in [4.69, 9.17) is 30.5 Å². The van der Waals surface area contributed by atoms with Gasteiger partial charge in [-0.1, -0.05) is 17.7 Å². The number of methoxy groups -OCH3 is 2. The van der Waals surface area contributed by atoms with Crippen LogP contribution in [-0.2, 0) is 0 Å². The normalized spacial score (nSPS) is 10.3. The van der Waals surface area contributed by atoms with Crippen molar-refractivity contribution in [3.05, 3.63) is 46.5 Å². The molecule has 0 spiro atoms. The molecule has 4 nitrogen and oxygen atoms in total. The predicted molar refractivity (Wildman–Crippen MR) is 91.5 cm³/mol. The van der Waals surface area contributed by atoms with E-state index < -0.39 is 0 Å². The zero-order valence-electron chi connectivity index (χ0n) is 13.8. The third kappa shape index (κ3) is 4.23. The number of hydrogen-bond acceptors (Lipinski definition) is 4. The summed E-state index contributed by atoms with van der Waals surface area (Å²) in [6, 6.07) is 9.33. The quantitative estimate of drug-likeness (QED) is 0.701. The lowest BCUT2D eigenvalue weighted by atomic mass is 10.1. The molecule has 2 aromatic carbocycles. The first-order chi connectivity index (χ1) is 11.1. The summed E-state index contributed by atoms with van der Waals surface area (Å²) < 4.78 is 22.1. The summed E-state index contributed by atoms with van der Waals surface area (Å²) >= 11 is 6.15. The van der Waals surface area contributed by atoms with Gasteiger partial charge in [-0.3, -0.25) is 0 Å². The lowest BCUT2D eigenvalue weighted by Gasteiger charge is -2.15. The molecule has 5 heteroatoms. The minimum atomic E-state index is 0.372. The van der Waals surface area contributed by atoms with Gasteiger partial charge in [0.25, 0.3) is 0 Å². The molecule has 23 heavy (non-hydrogen) atoms. The Bertz CT molecular complexity index is 625. The fourth-order valence-electron chi connectivity index (χ4n) is 2.25. The van der Waals surface area contributed by atoms with Crippen molar-refractivity contribution in [1.82, 2.24) is 0 Å². The molecule has 0 amide bonds. The molecule has 124 valence electrons. The summed E-state index contributed by atoms with van der Waals surface area (Å²) in [6.45, 7) is 4.69. The Balaban J connectivity index is 1.96. The summed E-state index contributed by atoms with van der Waals surface area (Å²) in [7, 11) is 3.19. The predicted octanol–water partition coefficient (Wildman–Crippen LogP) is 4.43. The van der Waals surface area contributed by atoms with Crippen LogP contribution < -0.4 is 18.9 Å². The zero-order chi connectivity index (χ0) is 16.8. The van der Waals surface area contributed by atoms with Gasteiger partial charge in [0, 0.05) is 5.02 Å². The highest BCUT2D eigenvalue weighted by molar-refractivity contribution is 6.32. The molecule has 2 aromatic rings. The second kappa shape index (κ2) is 7.97. The second-order valence-corrected chi connectivity index (χ2v) is 5.44. The monoisotopic (exact) mass is 336 g/mol. The van der Waals surface area contributed by atoms with Gasteiger partial charge in [-0.2, -0.15) is 0 Å². The van der Waals surface area contributed by atoms with Crippen molar-refractivity contribution in [3.63, 3.8) is 0 Å². The van der Waals surface area contributed by atoms with Crippen molar-refractivity contribution < 1.29 is 18.9 Å². The van der Waals surface area contributed by atoms with Gasteiger partial charge in [0.1, 0.15) is 19.0 Å². The highest BCUT2D eigenvalue weighted by atomic mass is 35.5.